The average Bonchev–Trinajstić information content (AvgIpc) is 3.25. The first-order chi connectivity index (χ1) is 14.6. The Kier molecular flexibility index (Phi) is 6.68. The first-order valence-electron chi connectivity index (χ1n) is 11.5. The number of piperidine rings is 2. The molecule has 2 saturated heterocycles. The largest absolute Gasteiger partial charge is 0.368 e. The molecule has 1 aromatic heterocycles. The molecule has 30 heavy (non-hydrogen) atoms. The van der Waals surface area contributed by atoms with Gasteiger partial charge in [-0.25, -0.2) is 0 Å². The summed E-state index contributed by atoms with van der Waals surface area (Å²) >= 11 is 0. The number of amides is 2. The van der Waals surface area contributed by atoms with Gasteiger partial charge in [-0.05, 0) is 69.8 Å². The number of nitrogens with two attached hydrogens (primary N) is 1. The molecule has 1 atom stereocenters. The zero-order valence-corrected chi connectivity index (χ0v) is 17.9. The van der Waals surface area contributed by atoms with Gasteiger partial charge in [-0.2, -0.15) is 0 Å². The summed E-state index contributed by atoms with van der Waals surface area (Å²) in [5.41, 5.74) is 6.11. The van der Waals surface area contributed by atoms with Crippen molar-refractivity contribution in [1.82, 2.24) is 20.1 Å². The van der Waals surface area contributed by atoms with Crippen LogP contribution in [0.4, 0.5) is 0 Å². The van der Waals surface area contributed by atoms with Crippen LogP contribution in [0.25, 0.3) is 0 Å². The molecule has 3 fully saturated rings. The van der Waals surface area contributed by atoms with Crippen molar-refractivity contribution in [3.63, 3.8) is 0 Å². The minimum atomic E-state index is -0.809. The van der Waals surface area contributed by atoms with E-state index in [-0.39, 0.29) is 17.7 Å². The molecule has 0 unspecified atom stereocenters. The number of likely N-dealkylation sites (tertiary alicyclic amines) is 2. The summed E-state index contributed by atoms with van der Waals surface area (Å²) in [5.74, 6) is -0.389. The molecule has 1 saturated carbocycles. The second kappa shape index (κ2) is 9.43. The van der Waals surface area contributed by atoms with E-state index >= 15 is 0 Å². The smallest absolute Gasteiger partial charge is 0.243 e. The van der Waals surface area contributed by atoms with E-state index in [4.69, 9.17) is 5.73 Å². The fourth-order valence-corrected chi connectivity index (χ4v) is 5.49. The SMILES string of the molecule is NC(=O)C1(NC(=O)[C@H]2CCCN(C3CCN(Cc4cccnc4)CC3)C2)CCCC1. The van der Waals surface area contributed by atoms with Crippen LogP contribution in [-0.2, 0) is 16.1 Å². The van der Waals surface area contributed by atoms with Crippen LogP contribution in [0.2, 0.25) is 0 Å². The van der Waals surface area contributed by atoms with E-state index in [2.05, 4.69) is 26.2 Å². The zero-order valence-electron chi connectivity index (χ0n) is 17.9. The summed E-state index contributed by atoms with van der Waals surface area (Å²) in [4.78, 5) is 34.2. The highest BCUT2D eigenvalue weighted by Crippen LogP contribution is 2.31. The molecule has 164 valence electrons. The van der Waals surface area contributed by atoms with Crippen molar-refractivity contribution in [3.8, 4) is 0 Å². The maximum Gasteiger partial charge on any atom is 0.243 e. The van der Waals surface area contributed by atoms with E-state index in [0.717, 1.165) is 71.2 Å². The highest BCUT2D eigenvalue weighted by atomic mass is 16.2. The number of hydrogen-bond donors (Lipinski definition) is 2. The minimum Gasteiger partial charge on any atom is -0.368 e. The first kappa shape index (κ1) is 21.2. The van der Waals surface area contributed by atoms with E-state index < -0.39 is 5.54 Å². The lowest BCUT2D eigenvalue weighted by Crippen LogP contribution is -2.58. The van der Waals surface area contributed by atoms with Crippen molar-refractivity contribution in [2.45, 2.75) is 69.5 Å². The number of rotatable bonds is 6. The molecule has 0 spiro atoms. The van der Waals surface area contributed by atoms with Gasteiger partial charge in [0.2, 0.25) is 11.8 Å². The molecule has 3 heterocycles. The number of carbonyl (C=O) groups is 2. The molecule has 4 rings (SSSR count). The quantitative estimate of drug-likeness (QED) is 0.740. The maximum absolute atomic E-state index is 13.0. The Hall–Kier alpha value is -1.99. The second-order valence-electron chi connectivity index (χ2n) is 9.35. The summed E-state index contributed by atoms with van der Waals surface area (Å²) in [6.45, 7) is 4.99. The van der Waals surface area contributed by atoms with Crippen molar-refractivity contribution in [2.24, 2.45) is 11.7 Å². The van der Waals surface area contributed by atoms with Crippen molar-refractivity contribution in [1.29, 1.82) is 0 Å². The van der Waals surface area contributed by atoms with Crippen molar-refractivity contribution >= 4 is 11.8 Å². The lowest BCUT2D eigenvalue weighted by atomic mass is 9.90. The van der Waals surface area contributed by atoms with E-state index in [0.29, 0.717) is 18.9 Å². The van der Waals surface area contributed by atoms with Gasteiger partial charge in [0.15, 0.2) is 0 Å². The lowest BCUT2D eigenvalue weighted by molar-refractivity contribution is -0.135. The number of primary amides is 1. The van der Waals surface area contributed by atoms with Crippen LogP contribution in [0.3, 0.4) is 0 Å². The Balaban J connectivity index is 1.28. The van der Waals surface area contributed by atoms with Crippen molar-refractivity contribution in [3.05, 3.63) is 30.1 Å². The Morgan fingerprint density at radius 3 is 2.57 bits per heavy atom. The molecule has 2 aliphatic heterocycles. The normalized spacial score (nSPS) is 25.8. The van der Waals surface area contributed by atoms with Crippen LogP contribution < -0.4 is 11.1 Å². The zero-order chi connectivity index (χ0) is 21.0. The van der Waals surface area contributed by atoms with E-state index in [1.807, 2.05) is 18.5 Å². The van der Waals surface area contributed by atoms with Gasteiger partial charge in [-0.15, -0.1) is 0 Å². The molecule has 0 aromatic carbocycles. The number of nitrogens with zero attached hydrogens (tertiary/aromatic N) is 3. The maximum atomic E-state index is 13.0. The molecule has 1 aromatic rings. The van der Waals surface area contributed by atoms with E-state index in [1.165, 1.54) is 5.56 Å². The summed E-state index contributed by atoms with van der Waals surface area (Å²) < 4.78 is 0. The van der Waals surface area contributed by atoms with E-state index in [1.54, 1.807) is 0 Å². The van der Waals surface area contributed by atoms with Gasteiger partial charge in [-0.1, -0.05) is 18.9 Å². The van der Waals surface area contributed by atoms with Gasteiger partial charge in [0.25, 0.3) is 0 Å². The molecule has 3 N–H and O–H groups in total. The van der Waals surface area contributed by atoms with Crippen LogP contribution >= 0.6 is 0 Å². The number of carbonyl (C=O) groups excluding carboxylic acids is 2. The predicted molar refractivity (Wildman–Crippen MR) is 115 cm³/mol. The Morgan fingerprint density at radius 1 is 1.13 bits per heavy atom. The van der Waals surface area contributed by atoms with Crippen LogP contribution in [0.15, 0.2) is 24.5 Å². The Bertz CT molecular complexity index is 726. The molecule has 0 radical (unpaired) electrons. The number of aromatic nitrogens is 1. The fourth-order valence-electron chi connectivity index (χ4n) is 5.49. The van der Waals surface area contributed by atoms with Crippen molar-refractivity contribution < 1.29 is 9.59 Å². The topological polar surface area (TPSA) is 91.6 Å². The fraction of sp³-hybridized carbons (Fsp3) is 0.696. The van der Waals surface area contributed by atoms with Crippen LogP contribution in [-0.4, -0.2) is 64.4 Å². The Morgan fingerprint density at radius 2 is 1.90 bits per heavy atom. The average molecular weight is 414 g/mol. The molecule has 3 aliphatic rings. The van der Waals surface area contributed by atoms with Gasteiger partial charge < -0.3 is 11.1 Å². The van der Waals surface area contributed by atoms with Gasteiger partial charge in [0, 0.05) is 31.5 Å². The highest BCUT2D eigenvalue weighted by molar-refractivity contribution is 5.91. The van der Waals surface area contributed by atoms with Gasteiger partial charge in [0.05, 0.1) is 5.92 Å². The van der Waals surface area contributed by atoms with E-state index in [9.17, 15) is 9.59 Å². The standard InChI is InChI=1S/C23H35N5O2/c24-22(30)23(9-1-2-10-23)26-21(29)19-6-4-12-28(17-19)20-7-13-27(14-8-20)16-18-5-3-11-25-15-18/h3,5,11,15,19-20H,1-2,4,6-10,12-14,16-17H2,(H2,24,30)(H,26,29)/t19-/m0/s1. The third-order valence-corrected chi connectivity index (χ3v) is 7.32. The second-order valence-corrected chi connectivity index (χ2v) is 9.35. The number of hydrogen-bond acceptors (Lipinski definition) is 5. The molecule has 2 amide bonds. The van der Waals surface area contributed by atoms with Gasteiger partial charge in [0.1, 0.15) is 5.54 Å². The van der Waals surface area contributed by atoms with Crippen molar-refractivity contribution in [2.75, 3.05) is 26.2 Å². The third kappa shape index (κ3) is 4.83. The number of nitrogens with one attached hydrogen (secondary N) is 1. The molecule has 7 heteroatoms. The van der Waals surface area contributed by atoms with Crippen LogP contribution in [0.1, 0.15) is 56.9 Å². The van der Waals surface area contributed by atoms with Gasteiger partial charge >= 0.3 is 0 Å². The summed E-state index contributed by atoms with van der Waals surface area (Å²) in [6, 6.07) is 4.67. The molecular formula is C23H35N5O2. The third-order valence-electron chi connectivity index (χ3n) is 7.32. The highest BCUT2D eigenvalue weighted by Gasteiger charge is 2.42. The predicted octanol–water partition coefficient (Wildman–Crippen LogP) is 1.67. The monoisotopic (exact) mass is 413 g/mol. The molecule has 0 bridgehead atoms. The summed E-state index contributed by atoms with van der Waals surface area (Å²) in [5, 5.41) is 3.07. The van der Waals surface area contributed by atoms with Crippen LogP contribution in [0, 0.1) is 5.92 Å². The lowest BCUT2D eigenvalue weighted by Gasteiger charge is -2.42. The van der Waals surface area contributed by atoms with Gasteiger partial charge in [-0.3, -0.25) is 24.4 Å². The van der Waals surface area contributed by atoms with Crippen LogP contribution in [0.5, 0.6) is 0 Å². The first-order valence-corrected chi connectivity index (χ1v) is 11.5. The Labute approximate surface area is 179 Å². The molecule has 7 nitrogen and oxygen atoms in total. The summed E-state index contributed by atoms with van der Waals surface area (Å²) in [7, 11) is 0. The minimum absolute atomic E-state index is 0.0226. The molecule has 1 aliphatic carbocycles. The molecular weight excluding hydrogens is 378 g/mol. The summed E-state index contributed by atoms with van der Waals surface area (Å²) in [6.07, 6.45) is 11.3. The number of pyridine rings is 1.